The number of rotatable bonds is 10. The Hall–Kier alpha value is -2.23. The summed E-state index contributed by atoms with van der Waals surface area (Å²) in [6, 6.07) is 1.92. The molecule has 1 amide bonds. The van der Waals surface area contributed by atoms with Crippen molar-refractivity contribution in [1.82, 2.24) is 4.90 Å². The number of benzene rings is 1. The number of carbonyl (C=O) groups excluding carboxylic acids is 1. The first-order valence-corrected chi connectivity index (χ1v) is 10.9. The van der Waals surface area contributed by atoms with Crippen LogP contribution in [0.2, 0.25) is 0 Å². The standard InChI is InChI=1S/C25H37NO3/c1-6-7-8-12-20-15-22(27)21(14-13-18(4)11-9-10-17(2)3)24(28)23(20)25(29)26-16-19(26)5/h10,13,15,19,27-28H,6-9,11-12,14,16H2,1-5H3/b18-13+/t19-,26?/m1/s1. The highest BCUT2D eigenvalue weighted by Crippen LogP contribution is 2.37. The lowest BCUT2D eigenvalue weighted by molar-refractivity contribution is 0.0872. The maximum Gasteiger partial charge on any atom is 0.258 e. The van der Waals surface area contributed by atoms with E-state index in [0.29, 0.717) is 24.0 Å². The van der Waals surface area contributed by atoms with Gasteiger partial charge in [0.1, 0.15) is 11.5 Å². The Kier molecular flexibility index (Phi) is 8.36. The predicted octanol–water partition coefficient (Wildman–Crippen LogP) is 5.91. The van der Waals surface area contributed by atoms with E-state index in [-0.39, 0.29) is 23.4 Å². The number of phenols is 2. The van der Waals surface area contributed by atoms with E-state index in [4.69, 9.17) is 0 Å². The zero-order valence-electron chi connectivity index (χ0n) is 18.7. The summed E-state index contributed by atoms with van der Waals surface area (Å²) in [6.45, 7) is 11.1. The van der Waals surface area contributed by atoms with Gasteiger partial charge in [-0.25, -0.2) is 0 Å². The number of aryl methyl sites for hydroxylation is 1. The SMILES string of the molecule is CCCCCc1cc(O)c(C/C=C(\C)CCC=C(C)C)c(O)c1C(=O)N1C[C@H]1C. The van der Waals surface area contributed by atoms with E-state index in [9.17, 15) is 15.0 Å². The zero-order valence-corrected chi connectivity index (χ0v) is 18.7. The number of allylic oxidation sites excluding steroid dienone is 4. The minimum absolute atomic E-state index is 0.0473. The van der Waals surface area contributed by atoms with Gasteiger partial charge in [0.2, 0.25) is 0 Å². The summed E-state index contributed by atoms with van der Waals surface area (Å²) >= 11 is 0. The number of hydrogen-bond acceptors (Lipinski definition) is 3. The molecule has 1 aliphatic heterocycles. The first-order valence-electron chi connectivity index (χ1n) is 10.9. The number of hydrogen-bond donors (Lipinski definition) is 2. The van der Waals surface area contributed by atoms with Crippen LogP contribution in [0, 0.1) is 0 Å². The fourth-order valence-corrected chi connectivity index (χ4v) is 3.58. The molecule has 160 valence electrons. The van der Waals surface area contributed by atoms with Crippen LogP contribution in [0.25, 0.3) is 0 Å². The second-order valence-corrected chi connectivity index (χ2v) is 8.60. The lowest BCUT2D eigenvalue weighted by atomic mass is 9.94. The fraction of sp³-hybridized carbons (Fsp3) is 0.560. The largest absolute Gasteiger partial charge is 0.508 e. The van der Waals surface area contributed by atoms with Crippen LogP contribution in [-0.2, 0) is 12.8 Å². The fourth-order valence-electron chi connectivity index (χ4n) is 3.58. The Labute approximate surface area is 175 Å². The Bertz CT molecular complexity index is 788. The molecule has 1 heterocycles. The van der Waals surface area contributed by atoms with Crippen molar-refractivity contribution < 1.29 is 15.0 Å². The first-order chi connectivity index (χ1) is 13.8. The van der Waals surface area contributed by atoms with Crippen LogP contribution in [0.15, 0.2) is 29.4 Å². The Balaban J connectivity index is 2.28. The van der Waals surface area contributed by atoms with E-state index < -0.39 is 0 Å². The molecule has 4 nitrogen and oxygen atoms in total. The van der Waals surface area contributed by atoms with Crippen LogP contribution in [0.4, 0.5) is 0 Å². The third-order valence-electron chi connectivity index (χ3n) is 5.59. The summed E-state index contributed by atoms with van der Waals surface area (Å²) in [5.74, 6) is -0.0845. The average Bonchev–Trinajstić information content (AvgIpc) is 3.37. The summed E-state index contributed by atoms with van der Waals surface area (Å²) in [5.41, 5.74) is 4.10. The molecule has 2 rings (SSSR count). The molecular formula is C25H37NO3. The molecule has 0 bridgehead atoms. The van der Waals surface area contributed by atoms with E-state index in [1.54, 1.807) is 11.0 Å². The molecule has 0 saturated carbocycles. The van der Waals surface area contributed by atoms with Crippen molar-refractivity contribution in [3.63, 3.8) is 0 Å². The molecule has 0 spiro atoms. The number of amides is 1. The summed E-state index contributed by atoms with van der Waals surface area (Å²) < 4.78 is 0. The van der Waals surface area contributed by atoms with Crippen LogP contribution in [0.1, 0.15) is 88.2 Å². The molecule has 0 radical (unpaired) electrons. The van der Waals surface area contributed by atoms with Gasteiger partial charge in [0.15, 0.2) is 0 Å². The highest BCUT2D eigenvalue weighted by molar-refractivity contribution is 6.00. The number of nitrogens with zero attached hydrogens (tertiary/aromatic N) is 1. The minimum atomic E-state index is -0.119. The molecule has 1 aliphatic rings. The van der Waals surface area contributed by atoms with Crippen molar-refractivity contribution in [2.45, 2.75) is 85.6 Å². The van der Waals surface area contributed by atoms with Gasteiger partial charge < -0.3 is 15.1 Å². The quantitative estimate of drug-likeness (QED) is 0.292. The van der Waals surface area contributed by atoms with Crippen LogP contribution in [-0.4, -0.2) is 33.6 Å². The van der Waals surface area contributed by atoms with E-state index in [0.717, 1.165) is 44.2 Å². The molecule has 4 heteroatoms. The number of carbonyl (C=O) groups is 1. The monoisotopic (exact) mass is 399 g/mol. The third kappa shape index (κ3) is 6.38. The normalized spacial score (nSPS) is 16.1. The average molecular weight is 400 g/mol. The lowest BCUT2D eigenvalue weighted by Gasteiger charge is -2.16. The van der Waals surface area contributed by atoms with Crippen molar-refractivity contribution in [1.29, 1.82) is 0 Å². The molecule has 0 unspecified atom stereocenters. The molecule has 1 atom stereocenters. The number of unbranched alkanes of at least 4 members (excludes halogenated alkanes) is 2. The molecule has 1 saturated heterocycles. The highest BCUT2D eigenvalue weighted by Gasteiger charge is 2.37. The molecule has 0 aliphatic carbocycles. The third-order valence-corrected chi connectivity index (χ3v) is 5.59. The van der Waals surface area contributed by atoms with E-state index in [1.165, 1.54) is 11.1 Å². The van der Waals surface area contributed by atoms with E-state index in [2.05, 4.69) is 33.8 Å². The van der Waals surface area contributed by atoms with Gasteiger partial charge in [-0.2, -0.15) is 0 Å². The van der Waals surface area contributed by atoms with Crippen molar-refractivity contribution in [2.75, 3.05) is 6.54 Å². The molecule has 2 N–H and O–H groups in total. The van der Waals surface area contributed by atoms with Crippen LogP contribution >= 0.6 is 0 Å². The van der Waals surface area contributed by atoms with Gasteiger partial charge in [-0.1, -0.05) is 43.1 Å². The highest BCUT2D eigenvalue weighted by atomic mass is 16.3. The predicted molar refractivity (Wildman–Crippen MR) is 120 cm³/mol. The van der Waals surface area contributed by atoms with Gasteiger partial charge in [-0.05, 0) is 71.4 Å². The maximum atomic E-state index is 13.0. The van der Waals surface area contributed by atoms with E-state index in [1.807, 2.05) is 13.0 Å². The Morgan fingerprint density at radius 1 is 1.21 bits per heavy atom. The van der Waals surface area contributed by atoms with Gasteiger partial charge in [0.05, 0.1) is 5.56 Å². The Morgan fingerprint density at radius 2 is 1.90 bits per heavy atom. The summed E-state index contributed by atoms with van der Waals surface area (Å²) in [5, 5.41) is 21.5. The number of aromatic hydroxyl groups is 2. The van der Waals surface area contributed by atoms with Crippen LogP contribution in [0.5, 0.6) is 11.5 Å². The van der Waals surface area contributed by atoms with Crippen molar-refractivity contribution in [2.24, 2.45) is 0 Å². The van der Waals surface area contributed by atoms with Gasteiger partial charge in [0, 0.05) is 18.2 Å². The molecule has 1 aromatic rings. The summed E-state index contributed by atoms with van der Waals surface area (Å²) in [7, 11) is 0. The van der Waals surface area contributed by atoms with Crippen molar-refractivity contribution in [3.05, 3.63) is 46.1 Å². The summed E-state index contributed by atoms with van der Waals surface area (Å²) in [6.07, 6.45) is 10.4. The first kappa shape index (κ1) is 23.1. The molecule has 29 heavy (non-hydrogen) atoms. The van der Waals surface area contributed by atoms with Crippen LogP contribution in [0.3, 0.4) is 0 Å². The molecule has 1 fully saturated rings. The minimum Gasteiger partial charge on any atom is -0.508 e. The Morgan fingerprint density at radius 3 is 2.48 bits per heavy atom. The van der Waals surface area contributed by atoms with Gasteiger partial charge in [-0.3, -0.25) is 4.79 Å². The summed E-state index contributed by atoms with van der Waals surface area (Å²) in [4.78, 5) is 14.7. The van der Waals surface area contributed by atoms with Crippen molar-refractivity contribution >= 4 is 5.91 Å². The van der Waals surface area contributed by atoms with Gasteiger partial charge >= 0.3 is 0 Å². The van der Waals surface area contributed by atoms with Crippen molar-refractivity contribution in [3.8, 4) is 11.5 Å². The second kappa shape index (κ2) is 10.5. The molecular weight excluding hydrogens is 362 g/mol. The molecule has 0 aromatic heterocycles. The smallest absolute Gasteiger partial charge is 0.258 e. The van der Waals surface area contributed by atoms with E-state index >= 15 is 0 Å². The second-order valence-electron chi connectivity index (χ2n) is 8.60. The number of phenolic OH excluding ortho intramolecular Hbond substituents is 2. The lowest BCUT2D eigenvalue weighted by Crippen LogP contribution is -2.16. The maximum absolute atomic E-state index is 13.0. The molecule has 1 aromatic carbocycles. The topological polar surface area (TPSA) is 60.5 Å². The zero-order chi connectivity index (χ0) is 21.6. The van der Waals surface area contributed by atoms with Crippen LogP contribution < -0.4 is 0 Å². The van der Waals surface area contributed by atoms with Gasteiger partial charge in [-0.15, -0.1) is 0 Å². The van der Waals surface area contributed by atoms with Gasteiger partial charge in [0.25, 0.3) is 5.91 Å².